The summed E-state index contributed by atoms with van der Waals surface area (Å²) in [5.74, 6) is -0.600. The summed E-state index contributed by atoms with van der Waals surface area (Å²) in [5.41, 5.74) is 6.28. The lowest BCUT2D eigenvalue weighted by molar-refractivity contribution is -0.275. The van der Waals surface area contributed by atoms with Crippen LogP contribution < -0.4 is 10.5 Å². The number of alkyl halides is 4. The molecule has 0 aromatic carbocycles. The van der Waals surface area contributed by atoms with Crippen LogP contribution in [0.2, 0.25) is 0 Å². The Hall–Kier alpha value is -0.980. The summed E-state index contributed by atoms with van der Waals surface area (Å²) in [6.07, 6.45) is -4.78. The van der Waals surface area contributed by atoms with E-state index in [1.54, 1.807) is 13.0 Å². The summed E-state index contributed by atoms with van der Waals surface area (Å²) >= 11 is 3.11. The minimum atomic E-state index is -4.78. The zero-order valence-corrected chi connectivity index (χ0v) is 9.32. The average Bonchev–Trinajstić information content (AvgIpc) is 2.08. The van der Waals surface area contributed by atoms with Crippen molar-refractivity contribution >= 4 is 21.6 Å². The zero-order valence-electron chi connectivity index (χ0n) is 7.73. The van der Waals surface area contributed by atoms with Crippen molar-refractivity contribution in [3.8, 4) is 5.88 Å². The Morgan fingerprint density at radius 1 is 1.53 bits per heavy atom. The summed E-state index contributed by atoms with van der Waals surface area (Å²) in [7, 11) is 0. The van der Waals surface area contributed by atoms with Crippen LogP contribution >= 0.6 is 15.9 Å². The first-order valence-electron chi connectivity index (χ1n) is 3.91. The fourth-order valence-corrected chi connectivity index (χ4v) is 1.48. The second kappa shape index (κ2) is 4.26. The van der Waals surface area contributed by atoms with Gasteiger partial charge in [0, 0.05) is 11.0 Å². The molecule has 0 aliphatic carbocycles. The van der Waals surface area contributed by atoms with Crippen LogP contribution in [0.5, 0.6) is 5.88 Å². The lowest BCUT2D eigenvalue weighted by Gasteiger charge is -2.12. The lowest BCUT2D eigenvalue weighted by atomic mass is 10.2. The fraction of sp³-hybridized carbons (Fsp3) is 0.375. The maximum absolute atomic E-state index is 12.0. The van der Waals surface area contributed by atoms with Crippen molar-refractivity contribution in [1.29, 1.82) is 0 Å². The molecule has 0 radical (unpaired) electrons. The normalized spacial score (nSPS) is 11.5. The molecule has 0 spiro atoms. The molecule has 1 rings (SSSR count). The maximum Gasteiger partial charge on any atom is 0.574 e. The first-order chi connectivity index (χ1) is 6.83. The quantitative estimate of drug-likeness (QED) is 0.850. The van der Waals surface area contributed by atoms with E-state index in [0.717, 1.165) is 0 Å². The van der Waals surface area contributed by atoms with E-state index in [0.29, 0.717) is 16.6 Å². The van der Waals surface area contributed by atoms with Gasteiger partial charge in [-0.15, -0.1) is 13.2 Å². The molecule has 7 heteroatoms. The molecule has 1 heterocycles. The molecule has 0 aliphatic heterocycles. The third-order valence-corrected chi connectivity index (χ3v) is 2.20. The van der Waals surface area contributed by atoms with E-state index in [1.165, 1.54) is 0 Å². The predicted molar refractivity (Wildman–Crippen MR) is 52.7 cm³/mol. The number of anilines is 1. The maximum atomic E-state index is 12.0. The molecule has 2 N–H and O–H groups in total. The number of halogens is 4. The van der Waals surface area contributed by atoms with Crippen molar-refractivity contribution < 1.29 is 17.9 Å². The van der Waals surface area contributed by atoms with Crippen LogP contribution in [0, 0.1) is 6.92 Å². The molecule has 0 saturated carbocycles. The summed E-state index contributed by atoms with van der Waals surface area (Å²) < 4.78 is 39.6. The first-order valence-corrected chi connectivity index (χ1v) is 5.03. The summed E-state index contributed by atoms with van der Waals surface area (Å²) in [5, 5.41) is 0.344. The van der Waals surface area contributed by atoms with E-state index in [4.69, 9.17) is 5.73 Å². The van der Waals surface area contributed by atoms with Crippen LogP contribution in [0.1, 0.15) is 11.3 Å². The average molecular weight is 285 g/mol. The lowest BCUT2D eigenvalue weighted by Crippen LogP contribution is -2.19. The van der Waals surface area contributed by atoms with Gasteiger partial charge in [0.05, 0.1) is 5.69 Å². The molecule has 1 aromatic heterocycles. The number of hydrogen-bond acceptors (Lipinski definition) is 3. The number of rotatable bonds is 2. The number of hydrogen-bond donors (Lipinski definition) is 1. The van der Waals surface area contributed by atoms with Crippen LogP contribution in [0.25, 0.3) is 0 Å². The van der Waals surface area contributed by atoms with Crippen LogP contribution in [0.15, 0.2) is 6.07 Å². The first kappa shape index (κ1) is 12.1. The standard InChI is InChI=1S/C8H8BrF3N2O/c1-4-2-5(3-9)6(13)7(14-4)15-8(10,11)12/h2H,3,13H2,1H3. The van der Waals surface area contributed by atoms with Gasteiger partial charge in [-0.1, -0.05) is 15.9 Å². The van der Waals surface area contributed by atoms with Gasteiger partial charge in [-0.05, 0) is 18.6 Å². The molecule has 0 atom stereocenters. The molecule has 0 bridgehead atoms. The van der Waals surface area contributed by atoms with Gasteiger partial charge in [-0.25, -0.2) is 4.98 Å². The summed E-state index contributed by atoms with van der Waals surface area (Å²) in [6.45, 7) is 1.56. The van der Waals surface area contributed by atoms with Crippen molar-refractivity contribution in [3.05, 3.63) is 17.3 Å². The van der Waals surface area contributed by atoms with Gasteiger partial charge < -0.3 is 10.5 Å². The highest BCUT2D eigenvalue weighted by molar-refractivity contribution is 9.08. The Morgan fingerprint density at radius 3 is 2.60 bits per heavy atom. The fourth-order valence-electron chi connectivity index (χ4n) is 1.02. The molecule has 0 fully saturated rings. The molecule has 0 unspecified atom stereocenters. The second-order valence-corrected chi connectivity index (χ2v) is 3.38. The number of nitrogens with two attached hydrogens (primary N) is 1. The van der Waals surface area contributed by atoms with E-state index in [9.17, 15) is 13.2 Å². The Balaban J connectivity index is 3.12. The SMILES string of the molecule is Cc1cc(CBr)c(N)c(OC(F)(F)F)n1. The third kappa shape index (κ3) is 3.26. The van der Waals surface area contributed by atoms with Gasteiger partial charge in [0.1, 0.15) is 0 Å². The predicted octanol–water partition coefficient (Wildman–Crippen LogP) is 2.77. The highest BCUT2D eigenvalue weighted by atomic mass is 79.9. The molecule has 0 aliphatic rings. The van der Waals surface area contributed by atoms with Crippen molar-refractivity contribution in [2.24, 2.45) is 0 Å². The van der Waals surface area contributed by atoms with Crippen LogP contribution in [-0.2, 0) is 5.33 Å². The minimum absolute atomic E-state index is 0.102. The highest BCUT2D eigenvalue weighted by Gasteiger charge is 2.33. The Kier molecular flexibility index (Phi) is 3.43. The van der Waals surface area contributed by atoms with Crippen molar-refractivity contribution in [3.63, 3.8) is 0 Å². The Labute approximate surface area is 92.6 Å². The topological polar surface area (TPSA) is 48.1 Å². The molecule has 15 heavy (non-hydrogen) atoms. The van der Waals surface area contributed by atoms with E-state index in [2.05, 4.69) is 25.7 Å². The Bertz CT molecular complexity index is 368. The second-order valence-electron chi connectivity index (χ2n) is 2.82. The molecule has 84 valence electrons. The van der Waals surface area contributed by atoms with Crippen molar-refractivity contribution in [2.75, 3.05) is 5.73 Å². The number of nitrogen functional groups attached to an aromatic ring is 1. The van der Waals surface area contributed by atoms with E-state index < -0.39 is 12.2 Å². The zero-order chi connectivity index (χ0) is 11.6. The largest absolute Gasteiger partial charge is 0.574 e. The molecule has 3 nitrogen and oxygen atoms in total. The van der Waals surface area contributed by atoms with Crippen LogP contribution in [-0.4, -0.2) is 11.3 Å². The molecular weight excluding hydrogens is 277 g/mol. The molecular formula is C8H8BrF3N2O. The van der Waals surface area contributed by atoms with Gasteiger partial charge in [0.25, 0.3) is 0 Å². The van der Waals surface area contributed by atoms with Crippen LogP contribution in [0.3, 0.4) is 0 Å². The Morgan fingerprint density at radius 2 is 2.13 bits per heavy atom. The number of pyridine rings is 1. The number of ether oxygens (including phenoxy) is 1. The van der Waals surface area contributed by atoms with Gasteiger partial charge in [-0.2, -0.15) is 0 Å². The van der Waals surface area contributed by atoms with E-state index >= 15 is 0 Å². The smallest absolute Gasteiger partial charge is 0.394 e. The van der Waals surface area contributed by atoms with Gasteiger partial charge >= 0.3 is 6.36 Å². The van der Waals surface area contributed by atoms with E-state index in [1.807, 2.05) is 0 Å². The van der Waals surface area contributed by atoms with Crippen molar-refractivity contribution in [2.45, 2.75) is 18.6 Å². The van der Waals surface area contributed by atoms with E-state index in [-0.39, 0.29) is 5.69 Å². The summed E-state index contributed by atoms with van der Waals surface area (Å²) in [4.78, 5) is 3.58. The molecule has 0 amide bonds. The van der Waals surface area contributed by atoms with Gasteiger partial charge in [0.2, 0.25) is 5.88 Å². The highest BCUT2D eigenvalue weighted by Crippen LogP contribution is 2.30. The molecule has 1 aromatic rings. The van der Waals surface area contributed by atoms with Gasteiger partial charge in [0.15, 0.2) is 0 Å². The number of aromatic nitrogens is 1. The third-order valence-electron chi connectivity index (χ3n) is 1.59. The minimum Gasteiger partial charge on any atom is -0.394 e. The van der Waals surface area contributed by atoms with Gasteiger partial charge in [-0.3, -0.25) is 0 Å². The molecule has 0 saturated heterocycles. The summed E-state index contributed by atoms with van der Waals surface area (Å²) in [6, 6.07) is 1.59. The van der Waals surface area contributed by atoms with Crippen molar-refractivity contribution in [1.82, 2.24) is 4.98 Å². The van der Waals surface area contributed by atoms with Crippen LogP contribution in [0.4, 0.5) is 18.9 Å². The number of aryl methyl sites for hydroxylation is 1. The number of nitrogens with zero attached hydrogens (tertiary/aromatic N) is 1. The monoisotopic (exact) mass is 284 g/mol.